The molecule has 174 valence electrons. The quantitative estimate of drug-likeness (QED) is 0.353. The molecule has 1 aromatic heterocycles. The van der Waals surface area contributed by atoms with E-state index >= 15 is 0 Å². The number of benzene rings is 3. The van der Waals surface area contributed by atoms with Crippen molar-refractivity contribution >= 4 is 16.9 Å². The third-order valence-corrected chi connectivity index (χ3v) is 6.29. The Morgan fingerprint density at radius 3 is 2.41 bits per heavy atom. The Hall–Kier alpha value is -3.73. The Morgan fingerprint density at radius 1 is 0.971 bits per heavy atom. The van der Waals surface area contributed by atoms with Crippen molar-refractivity contribution in [3.63, 3.8) is 0 Å². The molecule has 0 spiro atoms. The van der Waals surface area contributed by atoms with Crippen LogP contribution in [0.4, 0.5) is 0 Å². The molecule has 1 amide bonds. The smallest absolute Gasteiger partial charge is 0.273 e. The first-order valence-electron chi connectivity index (χ1n) is 12.0. The van der Waals surface area contributed by atoms with Crippen molar-refractivity contribution in [1.29, 1.82) is 0 Å². The number of hydrogen-bond acceptors (Lipinski definition) is 3. The molecule has 0 fully saturated rings. The molecule has 1 atom stereocenters. The number of aryl methyl sites for hydroxylation is 2. The molecule has 4 aromatic rings. The fourth-order valence-corrected chi connectivity index (χ4v) is 4.29. The van der Waals surface area contributed by atoms with Gasteiger partial charge in [0.2, 0.25) is 0 Å². The maximum atomic E-state index is 13.4. The highest BCUT2D eigenvalue weighted by atomic mass is 16.1. The van der Waals surface area contributed by atoms with Gasteiger partial charge in [-0.05, 0) is 54.7 Å². The highest BCUT2D eigenvalue weighted by molar-refractivity contribution is 5.94. The molecule has 0 saturated carbocycles. The van der Waals surface area contributed by atoms with Crippen molar-refractivity contribution in [3.05, 3.63) is 112 Å². The predicted octanol–water partition coefficient (Wildman–Crippen LogP) is 5.23. The number of nitrogens with zero attached hydrogens (tertiary/aromatic N) is 2. The summed E-state index contributed by atoms with van der Waals surface area (Å²) in [7, 11) is 1.80. The average molecular weight is 454 g/mol. The van der Waals surface area contributed by atoms with Gasteiger partial charge in [0, 0.05) is 25.1 Å². The van der Waals surface area contributed by atoms with E-state index in [0.717, 1.165) is 42.3 Å². The van der Waals surface area contributed by atoms with E-state index in [1.165, 1.54) is 5.56 Å². The zero-order valence-electron chi connectivity index (χ0n) is 19.8. The summed E-state index contributed by atoms with van der Waals surface area (Å²) >= 11 is 0. The molecule has 1 unspecified atom stereocenters. The van der Waals surface area contributed by atoms with Gasteiger partial charge < -0.3 is 9.88 Å². The first-order valence-corrected chi connectivity index (χ1v) is 12.0. The molecule has 5 nitrogen and oxygen atoms in total. The third-order valence-electron chi connectivity index (χ3n) is 6.29. The molecule has 0 saturated heterocycles. The summed E-state index contributed by atoms with van der Waals surface area (Å²) in [6.07, 6.45) is 3.56. The van der Waals surface area contributed by atoms with Crippen LogP contribution in [0.25, 0.3) is 11.0 Å². The van der Waals surface area contributed by atoms with Gasteiger partial charge in [0.15, 0.2) is 0 Å². The molecule has 0 aliphatic heterocycles. The minimum Gasteiger partial charge on any atom is -0.352 e. The lowest BCUT2D eigenvalue weighted by Gasteiger charge is -2.19. The molecular formula is C29H31N3O2. The summed E-state index contributed by atoms with van der Waals surface area (Å²) in [4.78, 5) is 30.6. The van der Waals surface area contributed by atoms with Crippen LogP contribution in [-0.2, 0) is 13.5 Å². The molecule has 4 rings (SSSR count). The molecular weight excluding hydrogens is 422 g/mol. The molecule has 3 aromatic carbocycles. The molecule has 34 heavy (non-hydrogen) atoms. The normalized spacial score (nSPS) is 11.9. The largest absolute Gasteiger partial charge is 0.352 e. The third kappa shape index (κ3) is 5.25. The topological polar surface area (TPSA) is 64.0 Å². The van der Waals surface area contributed by atoms with Crippen LogP contribution in [0.2, 0.25) is 0 Å². The standard InChI is InChI=1S/C29H31N3O2/c1-3-4-20-30-28(33)23-17-15-22(16-18-23)24(19-14-21-10-6-5-7-11-21)27-29(34)32(2)26-13-9-8-12-25(26)31-27/h5-13,15-18,24H,3-4,14,19-20H2,1-2H3,(H,30,33). The van der Waals surface area contributed by atoms with Gasteiger partial charge in [-0.1, -0.05) is 67.9 Å². The van der Waals surface area contributed by atoms with E-state index in [-0.39, 0.29) is 17.4 Å². The Morgan fingerprint density at radius 2 is 1.68 bits per heavy atom. The molecule has 1 heterocycles. The number of para-hydroxylation sites is 2. The van der Waals surface area contributed by atoms with Crippen LogP contribution in [-0.4, -0.2) is 22.0 Å². The van der Waals surface area contributed by atoms with E-state index in [9.17, 15) is 9.59 Å². The zero-order valence-corrected chi connectivity index (χ0v) is 19.8. The van der Waals surface area contributed by atoms with Gasteiger partial charge in [0.05, 0.1) is 11.0 Å². The molecule has 0 aliphatic rings. The van der Waals surface area contributed by atoms with Gasteiger partial charge in [0.25, 0.3) is 11.5 Å². The van der Waals surface area contributed by atoms with Crippen molar-refractivity contribution in [3.8, 4) is 0 Å². The second-order valence-corrected chi connectivity index (χ2v) is 8.66. The SMILES string of the molecule is CCCCNC(=O)c1ccc(C(CCc2ccccc2)c2nc3ccccc3n(C)c2=O)cc1. The Balaban J connectivity index is 1.69. The lowest BCUT2D eigenvalue weighted by atomic mass is 9.89. The van der Waals surface area contributed by atoms with Crippen LogP contribution in [0.15, 0.2) is 83.7 Å². The van der Waals surface area contributed by atoms with Gasteiger partial charge in [-0.3, -0.25) is 9.59 Å². The van der Waals surface area contributed by atoms with E-state index in [4.69, 9.17) is 4.98 Å². The fourth-order valence-electron chi connectivity index (χ4n) is 4.29. The Bertz CT molecular complexity index is 1310. The van der Waals surface area contributed by atoms with E-state index in [1.807, 2.05) is 66.7 Å². The summed E-state index contributed by atoms with van der Waals surface area (Å²) in [5, 5.41) is 2.96. The number of aromatic nitrogens is 2. The highest BCUT2D eigenvalue weighted by Crippen LogP contribution is 2.28. The molecule has 1 N–H and O–H groups in total. The first kappa shape index (κ1) is 23.4. The number of unbranched alkanes of at least 4 members (excludes halogenated alkanes) is 1. The van der Waals surface area contributed by atoms with Gasteiger partial charge in [-0.25, -0.2) is 4.98 Å². The number of amides is 1. The molecule has 5 heteroatoms. The minimum absolute atomic E-state index is 0.0689. The van der Waals surface area contributed by atoms with Crippen LogP contribution in [0.3, 0.4) is 0 Å². The average Bonchev–Trinajstić information content (AvgIpc) is 2.88. The van der Waals surface area contributed by atoms with Gasteiger partial charge in [-0.15, -0.1) is 0 Å². The lowest BCUT2D eigenvalue weighted by molar-refractivity contribution is 0.0953. The molecule has 0 bridgehead atoms. The number of carbonyl (C=O) groups is 1. The van der Waals surface area contributed by atoms with E-state index < -0.39 is 0 Å². The highest BCUT2D eigenvalue weighted by Gasteiger charge is 2.22. The van der Waals surface area contributed by atoms with Crippen molar-refractivity contribution in [2.45, 2.75) is 38.5 Å². The van der Waals surface area contributed by atoms with E-state index in [1.54, 1.807) is 11.6 Å². The number of carbonyl (C=O) groups excluding carboxylic acids is 1. The summed E-state index contributed by atoms with van der Waals surface area (Å²) in [5.41, 5.74) is 4.91. The van der Waals surface area contributed by atoms with E-state index in [0.29, 0.717) is 17.8 Å². The number of fused-ring (bicyclic) bond motifs is 1. The minimum atomic E-state index is -0.180. The van der Waals surface area contributed by atoms with Crippen LogP contribution >= 0.6 is 0 Å². The van der Waals surface area contributed by atoms with Crippen LogP contribution < -0.4 is 10.9 Å². The monoisotopic (exact) mass is 453 g/mol. The second kappa shape index (κ2) is 10.9. The maximum absolute atomic E-state index is 13.4. The van der Waals surface area contributed by atoms with Gasteiger partial charge >= 0.3 is 0 Å². The van der Waals surface area contributed by atoms with Crippen molar-refractivity contribution in [2.24, 2.45) is 7.05 Å². The van der Waals surface area contributed by atoms with Gasteiger partial charge in [-0.2, -0.15) is 0 Å². The Kier molecular flexibility index (Phi) is 7.53. The lowest BCUT2D eigenvalue weighted by Crippen LogP contribution is -2.26. The van der Waals surface area contributed by atoms with Crippen molar-refractivity contribution in [1.82, 2.24) is 14.9 Å². The number of rotatable bonds is 9. The van der Waals surface area contributed by atoms with Crippen LogP contribution in [0, 0.1) is 0 Å². The predicted molar refractivity (Wildman–Crippen MR) is 137 cm³/mol. The van der Waals surface area contributed by atoms with Crippen molar-refractivity contribution < 1.29 is 4.79 Å². The summed E-state index contributed by atoms with van der Waals surface area (Å²) in [5.74, 6) is -0.249. The zero-order chi connectivity index (χ0) is 23.9. The maximum Gasteiger partial charge on any atom is 0.273 e. The van der Waals surface area contributed by atoms with Crippen molar-refractivity contribution in [2.75, 3.05) is 6.54 Å². The van der Waals surface area contributed by atoms with Crippen LogP contribution in [0.1, 0.15) is 59.3 Å². The molecule has 0 aliphatic carbocycles. The van der Waals surface area contributed by atoms with E-state index in [2.05, 4.69) is 24.4 Å². The Labute approximate surface area is 200 Å². The summed E-state index contributed by atoms with van der Waals surface area (Å²) in [6.45, 7) is 2.77. The summed E-state index contributed by atoms with van der Waals surface area (Å²) < 4.78 is 1.68. The summed E-state index contributed by atoms with van der Waals surface area (Å²) in [6, 6.07) is 25.6. The number of nitrogens with one attached hydrogen (secondary N) is 1. The fraction of sp³-hybridized carbons (Fsp3) is 0.276. The second-order valence-electron chi connectivity index (χ2n) is 8.66. The van der Waals surface area contributed by atoms with Gasteiger partial charge in [0.1, 0.15) is 5.69 Å². The van der Waals surface area contributed by atoms with Crippen LogP contribution in [0.5, 0.6) is 0 Å². The molecule has 0 radical (unpaired) electrons. The number of hydrogen-bond donors (Lipinski definition) is 1. The first-order chi connectivity index (χ1) is 16.6.